The number of hydrogen-bond donors (Lipinski definition) is 2. The average Bonchev–Trinajstić information content (AvgIpc) is 3.18. The lowest BCUT2D eigenvalue weighted by molar-refractivity contribution is -0.115. The molecule has 0 atom stereocenters. The second-order valence-electron chi connectivity index (χ2n) is 7.35. The summed E-state index contributed by atoms with van der Waals surface area (Å²) in [5, 5.41) is 11.5. The summed E-state index contributed by atoms with van der Waals surface area (Å²) in [6.45, 7) is 4.11. The van der Waals surface area contributed by atoms with Crippen LogP contribution in [0.3, 0.4) is 0 Å². The van der Waals surface area contributed by atoms with E-state index >= 15 is 0 Å². The average molecular weight is 429 g/mol. The van der Waals surface area contributed by atoms with E-state index in [1.165, 1.54) is 11.1 Å². The van der Waals surface area contributed by atoms with Crippen LogP contribution in [0.5, 0.6) is 0 Å². The molecular formula is C25H24N4OS. The summed E-state index contributed by atoms with van der Waals surface area (Å²) in [7, 11) is 0. The van der Waals surface area contributed by atoms with Gasteiger partial charge >= 0.3 is 0 Å². The molecule has 156 valence electrons. The topological polar surface area (TPSA) is 70.7 Å². The van der Waals surface area contributed by atoms with Crippen LogP contribution in [0, 0.1) is 13.8 Å². The predicted molar refractivity (Wildman–Crippen MR) is 129 cm³/mol. The Balaban J connectivity index is 1.33. The van der Waals surface area contributed by atoms with Crippen LogP contribution in [0.2, 0.25) is 0 Å². The summed E-state index contributed by atoms with van der Waals surface area (Å²) >= 11 is 1.66. The molecule has 0 unspecified atom stereocenters. The highest BCUT2D eigenvalue weighted by Crippen LogP contribution is 2.26. The summed E-state index contributed by atoms with van der Waals surface area (Å²) in [4.78, 5) is 17.7. The van der Waals surface area contributed by atoms with Gasteiger partial charge in [0.15, 0.2) is 0 Å². The number of rotatable bonds is 7. The summed E-state index contributed by atoms with van der Waals surface area (Å²) in [6, 6.07) is 18.0. The monoisotopic (exact) mass is 428 g/mol. The minimum Gasteiger partial charge on any atom is -0.326 e. The van der Waals surface area contributed by atoms with Gasteiger partial charge in [0, 0.05) is 34.3 Å². The van der Waals surface area contributed by atoms with Gasteiger partial charge in [-0.05, 0) is 79.6 Å². The molecule has 0 saturated heterocycles. The van der Waals surface area contributed by atoms with Crippen molar-refractivity contribution in [3.8, 4) is 0 Å². The van der Waals surface area contributed by atoms with E-state index in [9.17, 15) is 4.79 Å². The van der Waals surface area contributed by atoms with Gasteiger partial charge in [0.1, 0.15) is 0 Å². The number of hydrogen-bond acceptors (Lipinski definition) is 4. The van der Waals surface area contributed by atoms with Crippen LogP contribution in [0.4, 0.5) is 5.69 Å². The molecule has 31 heavy (non-hydrogen) atoms. The maximum atomic E-state index is 12.3. The fraction of sp³-hybridized carbons (Fsp3) is 0.160. The van der Waals surface area contributed by atoms with Gasteiger partial charge in [-0.25, -0.2) is 0 Å². The minimum absolute atomic E-state index is 0.0281. The Bertz CT molecular complexity index is 1230. The van der Waals surface area contributed by atoms with Crippen molar-refractivity contribution in [1.29, 1.82) is 0 Å². The van der Waals surface area contributed by atoms with Gasteiger partial charge in [-0.15, -0.1) is 11.8 Å². The normalized spacial score (nSPS) is 11.3. The molecule has 0 spiro atoms. The van der Waals surface area contributed by atoms with Crippen molar-refractivity contribution in [2.75, 3.05) is 11.1 Å². The van der Waals surface area contributed by atoms with Crippen molar-refractivity contribution >= 4 is 46.4 Å². The Morgan fingerprint density at radius 1 is 1.06 bits per heavy atom. The summed E-state index contributed by atoms with van der Waals surface area (Å²) in [6.07, 6.45) is 6.14. The number of amides is 1. The van der Waals surface area contributed by atoms with Crippen LogP contribution in [0.15, 0.2) is 65.7 Å². The first-order valence-electron chi connectivity index (χ1n) is 10.2. The second-order valence-corrected chi connectivity index (χ2v) is 8.52. The van der Waals surface area contributed by atoms with Crippen molar-refractivity contribution in [2.45, 2.75) is 25.2 Å². The number of thioether (sulfide) groups is 1. The van der Waals surface area contributed by atoms with Crippen LogP contribution in [-0.2, 0) is 4.79 Å². The fourth-order valence-electron chi connectivity index (χ4n) is 3.18. The summed E-state index contributed by atoms with van der Waals surface area (Å²) in [5.41, 5.74) is 6.00. The van der Waals surface area contributed by atoms with Crippen LogP contribution in [0.1, 0.15) is 28.9 Å². The molecule has 0 bridgehead atoms. The number of pyridine rings is 1. The highest BCUT2D eigenvalue weighted by Gasteiger charge is 2.07. The number of nitrogens with one attached hydrogen (secondary N) is 2. The molecule has 1 amide bonds. The lowest BCUT2D eigenvalue weighted by Crippen LogP contribution is -2.12. The molecule has 4 aromatic rings. The lowest BCUT2D eigenvalue weighted by Gasteiger charge is -2.07. The first-order valence-corrected chi connectivity index (χ1v) is 11.1. The van der Waals surface area contributed by atoms with Gasteiger partial charge in [0.25, 0.3) is 0 Å². The number of H-pyrrole nitrogens is 1. The minimum atomic E-state index is 0.0281. The van der Waals surface area contributed by atoms with Gasteiger partial charge in [-0.2, -0.15) is 5.10 Å². The van der Waals surface area contributed by atoms with Crippen molar-refractivity contribution in [3.63, 3.8) is 0 Å². The third-order valence-electron chi connectivity index (χ3n) is 5.05. The first kappa shape index (κ1) is 20.9. The molecule has 0 aliphatic rings. The largest absolute Gasteiger partial charge is 0.326 e. The van der Waals surface area contributed by atoms with E-state index in [1.807, 2.05) is 55.5 Å². The van der Waals surface area contributed by atoms with Gasteiger partial charge in [0.05, 0.1) is 16.9 Å². The molecule has 6 heteroatoms. The molecule has 2 aromatic carbocycles. The number of fused-ring (bicyclic) bond motifs is 1. The molecule has 0 fully saturated rings. The molecule has 0 saturated carbocycles. The Morgan fingerprint density at radius 3 is 2.77 bits per heavy atom. The molecular weight excluding hydrogens is 404 g/mol. The van der Waals surface area contributed by atoms with Crippen LogP contribution < -0.4 is 5.32 Å². The number of aromatic nitrogens is 3. The second kappa shape index (κ2) is 9.62. The molecule has 0 aliphatic carbocycles. The van der Waals surface area contributed by atoms with Gasteiger partial charge in [-0.3, -0.25) is 14.9 Å². The van der Waals surface area contributed by atoms with Crippen LogP contribution in [-0.4, -0.2) is 26.8 Å². The molecule has 0 aliphatic heterocycles. The maximum Gasteiger partial charge on any atom is 0.225 e. The highest BCUT2D eigenvalue weighted by atomic mass is 32.2. The van der Waals surface area contributed by atoms with Gasteiger partial charge in [-0.1, -0.05) is 12.1 Å². The third kappa shape index (κ3) is 5.41. The van der Waals surface area contributed by atoms with E-state index in [1.54, 1.807) is 18.0 Å². The van der Waals surface area contributed by atoms with E-state index < -0.39 is 0 Å². The number of aromatic amines is 1. The Hall–Kier alpha value is -3.38. The van der Waals surface area contributed by atoms with E-state index in [2.05, 4.69) is 45.6 Å². The number of carbonyl (C=O) groups is 1. The Labute approximate surface area is 186 Å². The van der Waals surface area contributed by atoms with E-state index in [0.717, 1.165) is 32.9 Å². The zero-order chi connectivity index (χ0) is 21.6. The maximum absolute atomic E-state index is 12.3. The van der Waals surface area contributed by atoms with Crippen molar-refractivity contribution in [3.05, 3.63) is 83.3 Å². The van der Waals surface area contributed by atoms with Crippen molar-refractivity contribution < 1.29 is 4.79 Å². The number of aryl methyl sites for hydroxylation is 2. The molecule has 2 heterocycles. The van der Waals surface area contributed by atoms with E-state index in [4.69, 9.17) is 0 Å². The lowest BCUT2D eigenvalue weighted by atomic mass is 10.1. The van der Waals surface area contributed by atoms with E-state index in [0.29, 0.717) is 12.2 Å². The number of carbonyl (C=O) groups excluding carboxylic acids is 1. The zero-order valence-electron chi connectivity index (χ0n) is 17.6. The standard InChI is InChI=1S/C25H24N4OS/c1-17-6-7-20(15-18(17)2)27-25(30)12-14-31-21-9-10-22-23(28-29-24(22)16-21)11-8-19-5-3-4-13-26-19/h3-11,13,15-16H,12,14H2,1-2H3,(H,27,30)(H,28,29)/b11-8+. The number of benzene rings is 2. The molecule has 2 N–H and O–H groups in total. The first-order chi connectivity index (χ1) is 15.1. The van der Waals surface area contributed by atoms with Crippen molar-refractivity contribution in [1.82, 2.24) is 15.2 Å². The smallest absolute Gasteiger partial charge is 0.225 e. The van der Waals surface area contributed by atoms with Gasteiger partial charge in [0.2, 0.25) is 5.91 Å². The third-order valence-corrected chi connectivity index (χ3v) is 6.05. The van der Waals surface area contributed by atoms with Gasteiger partial charge < -0.3 is 5.32 Å². The summed E-state index contributed by atoms with van der Waals surface area (Å²) in [5.74, 6) is 0.739. The Kier molecular flexibility index (Phi) is 6.48. The molecule has 0 radical (unpaired) electrons. The Morgan fingerprint density at radius 2 is 1.97 bits per heavy atom. The predicted octanol–water partition coefficient (Wildman–Crippen LogP) is 5.87. The highest BCUT2D eigenvalue weighted by molar-refractivity contribution is 7.99. The molecule has 2 aromatic heterocycles. The SMILES string of the molecule is Cc1ccc(NC(=O)CCSc2ccc3c(/C=C/c4ccccn4)n[nH]c3c2)cc1C. The van der Waals surface area contributed by atoms with E-state index in [-0.39, 0.29) is 5.91 Å². The van der Waals surface area contributed by atoms with Crippen LogP contribution in [0.25, 0.3) is 23.1 Å². The zero-order valence-corrected chi connectivity index (χ0v) is 18.4. The quantitative estimate of drug-likeness (QED) is 0.361. The molecule has 4 rings (SSSR count). The summed E-state index contributed by atoms with van der Waals surface area (Å²) < 4.78 is 0. The number of nitrogens with zero attached hydrogens (tertiary/aromatic N) is 2. The van der Waals surface area contributed by atoms with Crippen molar-refractivity contribution in [2.24, 2.45) is 0 Å². The van der Waals surface area contributed by atoms with Crippen LogP contribution >= 0.6 is 11.8 Å². The molecule has 5 nitrogen and oxygen atoms in total. The number of anilines is 1. The fourth-order valence-corrected chi connectivity index (χ4v) is 4.07.